The molecule has 0 atom stereocenters. The second kappa shape index (κ2) is 9.97. The average Bonchev–Trinajstić information content (AvgIpc) is 3.48. The molecule has 0 spiro atoms. The third-order valence-corrected chi connectivity index (χ3v) is 8.10. The fourth-order valence-electron chi connectivity index (χ4n) is 3.66. The molecule has 1 aliphatic heterocycles. The van der Waals surface area contributed by atoms with Gasteiger partial charge < -0.3 is 0 Å². The minimum absolute atomic E-state index is 0.691. The van der Waals surface area contributed by atoms with Gasteiger partial charge in [-0.2, -0.15) is 0 Å². The Morgan fingerprint density at radius 1 is 0.727 bits per heavy atom. The summed E-state index contributed by atoms with van der Waals surface area (Å²) < 4.78 is 5.05. The normalized spacial score (nSPS) is 13.9. The standard InChI is InChI=1S/C25H26N6S2/c1-18-4-8-20(9-5-18)14-30-16-22(26-28-30)24(25-32-12-3-13-33-25)23-17-31(29-27-23)15-21-10-6-19(2)7-11-21/h4-11,16-17H,3,12-15H2,1-2H3. The van der Waals surface area contributed by atoms with Crippen LogP contribution in [0.2, 0.25) is 0 Å². The highest BCUT2D eigenvalue weighted by Gasteiger charge is 2.21. The molecule has 3 heterocycles. The highest BCUT2D eigenvalue weighted by Crippen LogP contribution is 2.42. The molecule has 8 heteroatoms. The van der Waals surface area contributed by atoms with Crippen LogP contribution in [-0.4, -0.2) is 41.5 Å². The van der Waals surface area contributed by atoms with Crippen molar-refractivity contribution in [2.45, 2.75) is 33.4 Å². The van der Waals surface area contributed by atoms with Crippen LogP contribution in [0.1, 0.15) is 40.1 Å². The van der Waals surface area contributed by atoms with Gasteiger partial charge in [0.1, 0.15) is 11.4 Å². The Morgan fingerprint density at radius 2 is 1.18 bits per heavy atom. The monoisotopic (exact) mass is 474 g/mol. The summed E-state index contributed by atoms with van der Waals surface area (Å²) in [5, 5.41) is 17.9. The predicted molar refractivity (Wildman–Crippen MR) is 136 cm³/mol. The van der Waals surface area contributed by atoms with Gasteiger partial charge in [-0.05, 0) is 42.9 Å². The Morgan fingerprint density at radius 3 is 1.64 bits per heavy atom. The van der Waals surface area contributed by atoms with Crippen molar-refractivity contribution in [3.05, 3.63) is 98.8 Å². The van der Waals surface area contributed by atoms with Crippen molar-refractivity contribution in [3.8, 4) is 0 Å². The van der Waals surface area contributed by atoms with Crippen LogP contribution in [0.15, 0.2) is 65.2 Å². The van der Waals surface area contributed by atoms with E-state index in [1.165, 1.54) is 32.9 Å². The largest absolute Gasteiger partial charge is 0.247 e. The van der Waals surface area contributed by atoms with Crippen LogP contribution in [0.4, 0.5) is 0 Å². The summed E-state index contributed by atoms with van der Waals surface area (Å²) in [4.78, 5) is 0. The lowest BCUT2D eigenvalue weighted by Crippen LogP contribution is -2.00. The van der Waals surface area contributed by atoms with Crippen LogP contribution in [0.25, 0.3) is 5.57 Å². The lowest BCUT2D eigenvalue weighted by Gasteiger charge is -2.15. The smallest absolute Gasteiger partial charge is 0.117 e. The zero-order valence-electron chi connectivity index (χ0n) is 18.8. The van der Waals surface area contributed by atoms with Gasteiger partial charge in [0.25, 0.3) is 0 Å². The Balaban J connectivity index is 1.43. The summed E-state index contributed by atoms with van der Waals surface area (Å²) in [6.45, 7) is 5.58. The van der Waals surface area contributed by atoms with Gasteiger partial charge in [0.2, 0.25) is 0 Å². The highest BCUT2D eigenvalue weighted by atomic mass is 32.2. The van der Waals surface area contributed by atoms with Gasteiger partial charge in [-0.15, -0.1) is 33.7 Å². The lowest BCUT2D eigenvalue weighted by molar-refractivity contribution is 0.649. The van der Waals surface area contributed by atoms with Crippen LogP contribution in [-0.2, 0) is 13.1 Å². The fourth-order valence-corrected chi connectivity index (χ4v) is 6.33. The average molecular weight is 475 g/mol. The van der Waals surface area contributed by atoms with Gasteiger partial charge in [0.05, 0.1) is 35.3 Å². The van der Waals surface area contributed by atoms with Gasteiger partial charge in [-0.25, -0.2) is 9.36 Å². The first-order valence-electron chi connectivity index (χ1n) is 11.1. The molecule has 1 aliphatic rings. The van der Waals surface area contributed by atoms with Gasteiger partial charge >= 0.3 is 0 Å². The molecule has 168 valence electrons. The summed E-state index contributed by atoms with van der Waals surface area (Å²) >= 11 is 3.76. The van der Waals surface area contributed by atoms with Crippen molar-refractivity contribution in [2.75, 3.05) is 11.5 Å². The number of aryl methyl sites for hydroxylation is 2. The molecule has 0 amide bonds. The van der Waals surface area contributed by atoms with E-state index < -0.39 is 0 Å². The first-order valence-corrected chi connectivity index (χ1v) is 13.0. The topological polar surface area (TPSA) is 61.4 Å². The summed E-state index contributed by atoms with van der Waals surface area (Å²) in [5.41, 5.74) is 7.65. The molecule has 0 N–H and O–H groups in total. The van der Waals surface area contributed by atoms with Crippen molar-refractivity contribution < 1.29 is 0 Å². The number of hydrogen-bond donors (Lipinski definition) is 0. The number of hydrogen-bond acceptors (Lipinski definition) is 6. The Bertz CT molecular complexity index is 1160. The Labute approximate surface area is 202 Å². The molecule has 4 aromatic rings. The Hall–Kier alpha value is -2.84. The molecule has 2 aromatic carbocycles. The van der Waals surface area contributed by atoms with E-state index in [9.17, 15) is 0 Å². The molecule has 0 aliphatic carbocycles. The molecule has 1 saturated heterocycles. The van der Waals surface area contributed by atoms with Crippen molar-refractivity contribution in [1.29, 1.82) is 0 Å². The summed E-state index contributed by atoms with van der Waals surface area (Å²) in [5.74, 6) is 2.22. The molecule has 1 fully saturated rings. The quantitative estimate of drug-likeness (QED) is 0.384. The zero-order valence-corrected chi connectivity index (χ0v) is 20.4. The van der Waals surface area contributed by atoms with Crippen molar-refractivity contribution >= 4 is 29.1 Å². The second-order valence-electron chi connectivity index (χ2n) is 8.29. The minimum atomic E-state index is 0.691. The molecule has 2 aromatic heterocycles. The molecular weight excluding hydrogens is 448 g/mol. The summed E-state index contributed by atoms with van der Waals surface area (Å²) in [6.07, 6.45) is 5.26. The highest BCUT2D eigenvalue weighted by molar-refractivity contribution is 8.23. The molecule has 5 rings (SSSR count). The molecular formula is C25H26N6S2. The van der Waals surface area contributed by atoms with Gasteiger partial charge in [-0.3, -0.25) is 0 Å². The fraction of sp³-hybridized carbons (Fsp3) is 0.280. The maximum absolute atomic E-state index is 4.54. The van der Waals surface area contributed by atoms with Crippen LogP contribution in [0.5, 0.6) is 0 Å². The first-order chi connectivity index (χ1) is 16.1. The second-order valence-corrected chi connectivity index (χ2v) is 10.8. The molecule has 6 nitrogen and oxygen atoms in total. The molecule has 0 radical (unpaired) electrons. The number of rotatable bonds is 6. The van der Waals surface area contributed by atoms with Crippen molar-refractivity contribution in [2.24, 2.45) is 0 Å². The van der Waals surface area contributed by atoms with E-state index in [1.54, 1.807) is 0 Å². The lowest BCUT2D eigenvalue weighted by atomic mass is 10.1. The first kappa shape index (κ1) is 22.0. The summed E-state index contributed by atoms with van der Waals surface area (Å²) in [7, 11) is 0. The summed E-state index contributed by atoms with van der Waals surface area (Å²) in [6, 6.07) is 17.1. The van der Waals surface area contributed by atoms with E-state index in [0.29, 0.717) is 13.1 Å². The zero-order chi connectivity index (χ0) is 22.6. The van der Waals surface area contributed by atoms with E-state index >= 15 is 0 Å². The minimum Gasteiger partial charge on any atom is -0.247 e. The van der Waals surface area contributed by atoms with Gasteiger partial charge in [0.15, 0.2) is 0 Å². The maximum atomic E-state index is 4.54. The van der Waals surface area contributed by atoms with E-state index in [2.05, 4.69) is 83.0 Å². The van der Waals surface area contributed by atoms with Crippen molar-refractivity contribution in [3.63, 3.8) is 0 Å². The van der Waals surface area contributed by atoms with Gasteiger partial charge in [0, 0.05) is 0 Å². The van der Waals surface area contributed by atoms with E-state index in [4.69, 9.17) is 0 Å². The SMILES string of the molecule is Cc1ccc(Cn2cc(C(=C3SCCCS3)c3cn(Cc4ccc(C)cc4)nn3)nn2)cc1. The third-order valence-electron chi connectivity index (χ3n) is 5.48. The predicted octanol–water partition coefficient (Wildman–Crippen LogP) is 5.17. The number of aromatic nitrogens is 6. The maximum Gasteiger partial charge on any atom is 0.117 e. The van der Waals surface area contributed by atoms with E-state index in [0.717, 1.165) is 28.5 Å². The molecule has 0 unspecified atom stereocenters. The number of thioether (sulfide) groups is 2. The van der Waals surface area contributed by atoms with Crippen LogP contribution >= 0.6 is 23.5 Å². The number of nitrogens with zero attached hydrogens (tertiary/aromatic N) is 6. The number of benzene rings is 2. The van der Waals surface area contributed by atoms with E-state index in [1.807, 2.05) is 45.3 Å². The van der Waals surface area contributed by atoms with Gasteiger partial charge in [-0.1, -0.05) is 70.1 Å². The molecule has 0 bridgehead atoms. The van der Waals surface area contributed by atoms with Crippen LogP contribution in [0, 0.1) is 13.8 Å². The van der Waals surface area contributed by atoms with Crippen LogP contribution < -0.4 is 0 Å². The van der Waals surface area contributed by atoms with Crippen molar-refractivity contribution in [1.82, 2.24) is 30.0 Å². The molecule has 33 heavy (non-hydrogen) atoms. The Kier molecular flexibility index (Phi) is 6.64. The third kappa shape index (κ3) is 5.39. The van der Waals surface area contributed by atoms with E-state index in [-0.39, 0.29) is 0 Å². The van der Waals surface area contributed by atoms with Crippen LogP contribution in [0.3, 0.4) is 0 Å². The molecule has 0 saturated carbocycles.